The first-order chi connectivity index (χ1) is 6.74. The van der Waals surface area contributed by atoms with Crippen LogP contribution in [0.1, 0.15) is 5.56 Å². The van der Waals surface area contributed by atoms with Gasteiger partial charge in [0.1, 0.15) is 0 Å². The Kier molecular flexibility index (Phi) is 3.08. The van der Waals surface area contributed by atoms with Gasteiger partial charge in [-0.3, -0.25) is 4.68 Å². The molecule has 2 rings (SSSR count). The molecule has 0 atom stereocenters. The lowest BCUT2D eigenvalue weighted by atomic mass is 10.2. The lowest BCUT2D eigenvalue weighted by Crippen LogP contribution is -1.99. The Labute approximate surface area is 101 Å². The molecular weight excluding hydrogens is 310 g/mol. The van der Waals surface area contributed by atoms with Gasteiger partial charge in [0.25, 0.3) is 0 Å². The van der Waals surface area contributed by atoms with Gasteiger partial charge in [-0.2, -0.15) is 5.10 Å². The van der Waals surface area contributed by atoms with Crippen molar-refractivity contribution in [2.45, 2.75) is 6.54 Å². The van der Waals surface area contributed by atoms with Gasteiger partial charge in [-0.15, -0.1) is 0 Å². The number of nitrogens with zero attached hydrogens (tertiary/aromatic N) is 2. The number of hydrogen-bond acceptors (Lipinski definition) is 1. The third-order valence-electron chi connectivity index (χ3n) is 1.86. The van der Waals surface area contributed by atoms with Crippen LogP contribution < -0.4 is 0 Å². The Bertz CT molecular complexity index is 422. The van der Waals surface area contributed by atoms with Gasteiger partial charge in [-0.05, 0) is 40.3 Å². The average Bonchev–Trinajstić information content (AvgIpc) is 2.56. The van der Waals surface area contributed by atoms with Gasteiger partial charge in [0.15, 0.2) is 0 Å². The summed E-state index contributed by atoms with van der Waals surface area (Å²) in [6, 6.07) is 8.36. The van der Waals surface area contributed by atoms with Gasteiger partial charge in [0, 0.05) is 9.77 Å². The van der Waals surface area contributed by atoms with E-state index in [0.29, 0.717) is 5.02 Å². The highest BCUT2D eigenvalue weighted by atomic mass is 127. The van der Waals surface area contributed by atoms with Crippen LogP contribution >= 0.6 is 34.2 Å². The Hall–Kier alpha value is -0.550. The number of aromatic nitrogens is 2. The van der Waals surface area contributed by atoms with E-state index in [2.05, 4.69) is 52.0 Å². The monoisotopic (exact) mass is 318 g/mol. The summed E-state index contributed by atoms with van der Waals surface area (Å²) in [6.45, 7) is 0.768. The maximum absolute atomic E-state index is 5.77. The molecule has 0 unspecified atom stereocenters. The van der Waals surface area contributed by atoms with Gasteiger partial charge in [-0.1, -0.05) is 23.7 Å². The van der Waals surface area contributed by atoms with Gasteiger partial charge < -0.3 is 0 Å². The van der Waals surface area contributed by atoms with Gasteiger partial charge in [-0.25, -0.2) is 0 Å². The Morgan fingerprint density at radius 2 is 2.00 bits per heavy atom. The molecule has 0 aliphatic carbocycles. The maximum atomic E-state index is 5.77. The number of halogens is 2. The molecule has 2 aromatic rings. The summed E-state index contributed by atoms with van der Waals surface area (Å²) in [4.78, 5) is 0. The van der Waals surface area contributed by atoms with Crippen molar-refractivity contribution >= 4 is 34.2 Å². The van der Waals surface area contributed by atoms with Gasteiger partial charge >= 0.3 is 0 Å². The minimum Gasteiger partial charge on any atom is -0.267 e. The predicted octanol–water partition coefficient (Wildman–Crippen LogP) is 3.19. The van der Waals surface area contributed by atoms with Crippen molar-refractivity contribution in [3.8, 4) is 0 Å². The molecule has 1 aromatic carbocycles. The summed E-state index contributed by atoms with van der Waals surface area (Å²) in [5.41, 5.74) is 1.23. The molecule has 1 aromatic heterocycles. The third kappa shape index (κ3) is 2.48. The van der Waals surface area contributed by atoms with Crippen molar-refractivity contribution in [3.05, 3.63) is 50.8 Å². The Morgan fingerprint density at radius 1 is 1.29 bits per heavy atom. The van der Waals surface area contributed by atoms with Crippen LogP contribution in [0.25, 0.3) is 0 Å². The first kappa shape index (κ1) is 9.98. The fourth-order valence-electron chi connectivity index (χ4n) is 1.20. The zero-order chi connectivity index (χ0) is 9.97. The Morgan fingerprint density at radius 3 is 2.57 bits per heavy atom. The fourth-order valence-corrected chi connectivity index (χ4v) is 1.72. The molecule has 0 saturated carbocycles. The molecule has 0 amide bonds. The van der Waals surface area contributed by atoms with E-state index in [1.54, 1.807) is 6.20 Å². The lowest BCUT2D eigenvalue weighted by molar-refractivity contribution is 0.687. The molecule has 0 bridgehead atoms. The number of hydrogen-bond donors (Lipinski definition) is 0. The average molecular weight is 319 g/mol. The molecule has 14 heavy (non-hydrogen) atoms. The van der Waals surface area contributed by atoms with E-state index in [1.165, 1.54) is 9.13 Å². The molecule has 0 saturated heterocycles. The standard InChI is InChI=1S/C10H8ClIN2/c11-9-5-13-14(7-9)6-8-1-3-10(12)4-2-8/h1-5,7H,6H2. The summed E-state index contributed by atoms with van der Waals surface area (Å²) < 4.78 is 3.06. The highest BCUT2D eigenvalue weighted by molar-refractivity contribution is 14.1. The Balaban J connectivity index is 2.15. The number of rotatable bonds is 2. The third-order valence-corrected chi connectivity index (χ3v) is 2.77. The van der Waals surface area contributed by atoms with Crippen LogP contribution in [-0.2, 0) is 6.54 Å². The van der Waals surface area contributed by atoms with E-state index in [0.717, 1.165) is 6.54 Å². The second kappa shape index (κ2) is 4.31. The van der Waals surface area contributed by atoms with E-state index in [9.17, 15) is 0 Å². The van der Waals surface area contributed by atoms with E-state index < -0.39 is 0 Å². The van der Waals surface area contributed by atoms with Crippen LogP contribution in [0.5, 0.6) is 0 Å². The van der Waals surface area contributed by atoms with Crippen molar-refractivity contribution in [1.82, 2.24) is 9.78 Å². The molecule has 1 heterocycles. The fraction of sp³-hybridized carbons (Fsp3) is 0.100. The quantitative estimate of drug-likeness (QED) is 0.778. The van der Waals surface area contributed by atoms with Gasteiger partial charge in [0.2, 0.25) is 0 Å². The first-order valence-corrected chi connectivity index (χ1v) is 5.62. The minimum absolute atomic E-state index is 0.676. The summed E-state index contributed by atoms with van der Waals surface area (Å²) in [6.07, 6.45) is 3.47. The van der Waals surface area contributed by atoms with Crippen LogP contribution in [0.3, 0.4) is 0 Å². The van der Waals surface area contributed by atoms with Crippen LogP contribution in [0, 0.1) is 3.57 Å². The molecule has 2 nitrogen and oxygen atoms in total. The maximum Gasteiger partial charge on any atom is 0.0785 e. The molecule has 4 heteroatoms. The van der Waals surface area contributed by atoms with E-state index in [1.807, 2.05) is 10.9 Å². The summed E-state index contributed by atoms with van der Waals surface area (Å²) in [7, 11) is 0. The second-order valence-electron chi connectivity index (χ2n) is 2.98. The normalized spacial score (nSPS) is 10.4. The predicted molar refractivity (Wildman–Crippen MR) is 65.5 cm³/mol. The van der Waals surface area contributed by atoms with Crippen LogP contribution in [0.4, 0.5) is 0 Å². The molecule has 0 spiro atoms. The SMILES string of the molecule is Clc1cnn(Cc2ccc(I)cc2)c1. The topological polar surface area (TPSA) is 17.8 Å². The molecule has 0 fully saturated rings. The van der Waals surface area contributed by atoms with Gasteiger partial charge in [0.05, 0.1) is 17.8 Å². The lowest BCUT2D eigenvalue weighted by Gasteiger charge is -2.01. The molecule has 72 valence electrons. The van der Waals surface area contributed by atoms with Crippen LogP contribution in [0.15, 0.2) is 36.7 Å². The highest BCUT2D eigenvalue weighted by Crippen LogP contribution is 2.10. The number of benzene rings is 1. The summed E-state index contributed by atoms with van der Waals surface area (Å²) in [5, 5.41) is 4.79. The van der Waals surface area contributed by atoms with Crippen molar-refractivity contribution in [2.24, 2.45) is 0 Å². The minimum atomic E-state index is 0.676. The van der Waals surface area contributed by atoms with Crippen molar-refractivity contribution in [2.75, 3.05) is 0 Å². The van der Waals surface area contributed by atoms with Crippen molar-refractivity contribution in [1.29, 1.82) is 0 Å². The van der Waals surface area contributed by atoms with E-state index in [-0.39, 0.29) is 0 Å². The summed E-state index contributed by atoms with van der Waals surface area (Å²) in [5.74, 6) is 0. The molecule has 0 aliphatic rings. The largest absolute Gasteiger partial charge is 0.267 e. The van der Waals surface area contributed by atoms with Crippen molar-refractivity contribution in [3.63, 3.8) is 0 Å². The second-order valence-corrected chi connectivity index (χ2v) is 4.66. The molecular formula is C10H8ClIN2. The highest BCUT2D eigenvalue weighted by Gasteiger charge is 1.97. The van der Waals surface area contributed by atoms with E-state index >= 15 is 0 Å². The van der Waals surface area contributed by atoms with Crippen LogP contribution in [0.2, 0.25) is 5.02 Å². The van der Waals surface area contributed by atoms with Crippen molar-refractivity contribution < 1.29 is 0 Å². The zero-order valence-corrected chi connectivity index (χ0v) is 10.2. The molecule has 0 aliphatic heterocycles. The zero-order valence-electron chi connectivity index (χ0n) is 7.32. The molecule has 0 N–H and O–H groups in total. The van der Waals surface area contributed by atoms with Crippen LogP contribution in [-0.4, -0.2) is 9.78 Å². The first-order valence-electron chi connectivity index (χ1n) is 4.16. The molecule has 0 radical (unpaired) electrons. The summed E-state index contributed by atoms with van der Waals surface area (Å²) >= 11 is 8.06. The smallest absolute Gasteiger partial charge is 0.0785 e. The van der Waals surface area contributed by atoms with E-state index in [4.69, 9.17) is 11.6 Å².